The number of halogens is 4. The molecule has 2 aromatic carbocycles. The molecule has 5 nitrogen and oxygen atoms in total. The maximum Gasteiger partial charge on any atom is 0.387 e. The molecule has 0 unspecified atom stereocenters. The van der Waals surface area contributed by atoms with E-state index in [1.165, 1.54) is 13.2 Å². The molecule has 0 aliphatic carbocycles. The molecule has 0 atom stereocenters. The molecule has 0 aromatic heterocycles. The van der Waals surface area contributed by atoms with Crippen LogP contribution in [0.4, 0.5) is 14.5 Å². The fraction of sp³-hybridized carbons (Fsp3) is 0.278. The first-order valence-corrected chi connectivity index (χ1v) is 8.59. The van der Waals surface area contributed by atoms with E-state index in [-0.39, 0.29) is 24.0 Å². The summed E-state index contributed by atoms with van der Waals surface area (Å²) in [5.41, 5.74) is 1.20. The number of hydrogen-bond acceptors (Lipinski definition) is 4. The van der Waals surface area contributed by atoms with Gasteiger partial charge in [0.05, 0.1) is 24.4 Å². The van der Waals surface area contributed by atoms with E-state index in [1.54, 1.807) is 42.3 Å². The van der Waals surface area contributed by atoms with Crippen molar-refractivity contribution < 1.29 is 23.0 Å². The number of nitrogens with zero attached hydrogens (tertiary/aromatic N) is 1. The van der Waals surface area contributed by atoms with Gasteiger partial charge in [0, 0.05) is 11.6 Å². The Bertz CT molecular complexity index is 806. The fourth-order valence-corrected chi connectivity index (χ4v) is 2.74. The Morgan fingerprint density at radius 3 is 2.59 bits per heavy atom. The van der Waals surface area contributed by atoms with Gasteiger partial charge in [-0.15, -0.1) is 0 Å². The van der Waals surface area contributed by atoms with Crippen molar-refractivity contribution in [1.29, 1.82) is 0 Å². The average molecular weight is 419 g/mol. The molecule has 0 bridgehead atoms. The lowest BCUT2D eigenvalue weighted by atomic mass is 10.2. The van der Waals surface area contributed by atoms with Gasteiger partial charge in [0.25, 0.3) is 0 Å². The molecule has 0 spiro atoms. The second-order valence-corrected chi connectivity index (χ2v) is 6.55. The zero-order valence-corrected chi connectivity index (χ0v) is 16.2. The lowest BCUT2D eigenvalue weighted by Gasteiger charge is -2.18. The quantitative estimate of drug-likeness (QED) is 0.676. The Morgan fingerprint density at radius 1 is 1.19 bits per heavy atom. The number of carbonyl (C=O) groups excluding carboxylic acids is 1. The van der Waals surface area contributed by atoms with Crippen LogP contribution in [0.2, 0.25) is 10.0 Å². The summed E-state index contributed by atoms with van der Waals surface area (Å²) in [6.07, 6.45) is 0. The Morgan fingerprint density at radius 2 is 1.93 bits per heavy atom. The predicted molar refractivity (Wildman–Crippen MR) is 101 cm³/mol. The number of likely N-dealkylation sites (N-methyl/N-ethyl adjacent to an activating group) is 1. The highest BCUT2D eigenvalue weighted by Crippen LogP contribution is 2.30. The number of benzene rings is 2. The van der Waals surface area contributed by atoms with Gasteiger partial charge in [0.15, 0.2) is 11.5 Å². The zero-order valence-electron chi connectivity index (χ0n) is 14.6. The molecule has 0 saturated heterocycles. The van der Waals surface area contributed by atoms with Crippen molar-refractivity contribution >= 4 is 34.8 Å². The van der Waals surface area contributed by atoms with Crippen LogP contribution in [-0.2, 0) is 11.3 Å². The number of methoxy groups -OCH3 is 1. The summed E-state index contributed by atoms with van der Waals surface area (Å²) >= 11 is 11.9. The van der Waals surface area contributed by atoms with Crippen molar-refractivity contribution in [3.63, 3.8) is 0 Å². The van der Waals surface area contributed by atoms with Gasteiger partial charge >= 0.3 is 6.61 Å². The summed E-state index contributed by atoms with van der Waals surface area (Å²) < 4.78 is 34.2. The van der Waals surface area contributed by atoms with Gasteiger partial charge < -0.3 is 14.8 Å². The van der Waals surface area contributed by atoms with Crippen molar-refractivity contribution in [3.8, 4) is 11.5 Å². The van der Waals surface area contributed by atoms with Crippen molar-refractivity contribution in [2.75, 3.05) is 26.0 Å². The predicted octanol–water partition coefficient (Wildman–Crippen LogP) is 4.67. The van der Waals surface area contributed by atoms with Crippen molar-refractivity contribution in [3.05, 3.63) is 52.0 Å². The monoisotopic (exact) mass is 418 g/mol. The molecule has 27 heavy (non-hydrogen) atoms. The van der Waals surface area contributed by atoms with Gasteiger partial charge in [0.2, 0.25) is 5.91 Å². The summed E-state index contributed by atoms with van der Waals surface area (Å²) in [6, 6.07) is 9.40. The molecule has 0 saturated carbocycles. The van der Waals surface area contributed by atoms with E-state index in [4.69, 9.17) is 27.9 Å². The highest BCUT2D eigenvalue weighted by atomic mass is 35.5. The van der Waals surface area contributed by atoms with Crippen LogP contribution in [0.5, 0.6) is 11.5 Å². The van der Waals surface area contributed by atoms with E-state index in [1.807, 2.05) is 0 Å². The first-order valence-electron chi connectivity index (χ1n) is 7.83. The fourth-order valence-electron chi connectivity index (χ4n) is 2.40. The molecule has 1 N–H and O–H groups in total. The summed E-state index contributed by atoms with van der Waals surface area (Å²) in [7, 11) is 3.11. The molecular formula is C18H18Cl2F2N2O3. The van der Waals surface area contributed by atoms with Crippen LogP contribution in [-0.4, -0.2) is 38.1 Å². The molecule has 2 rings (SSSR count). The van der Waals surface area contributed by atoms with Crippen molar-refractivity contribution in [1.82, 2.24) is 4.90 Å². The number of hydrogen-bond donors (Lipinski definition) is 1. The Kier molecular flexibility index (Phi) is 7.65. The van der Waals surface area contributed by atoms with Crippen molar-refractivity contribution in [2.24, 2.45) is 0 Å². The third-order valence-electron chi connectivity index (χ3n) is 3.51. The smallest absolute Gasteiger partial charge is 0.387 e. The molecule has 1 amide bonds. The van der Waals surface area contributed by atoms with Crippen LogP contribution in [0.15, 0.2) is 36.4 Å². The lowest BCUT2D eigenvalue weighted by Crippen LogP contribution is -2.29. The van der Waals surface area contributed by atoms with E-state index in [0.717, 1.165) is 5.56 Å². The summed E-state index contributed by atoms with van der Waals surface area (Å²) in [6.45, 7) is -2.46. The average Bonchev–Trinajstić information content (AvgIpc) is 2.58. The van der Waals surface area contributed by atoms with Crippen LogP contribution in [0.3, 0.4) is 0 Å². The van der Waals surface area contributed by atoms with Gasteiger partial charge in [-0.1, -0.05) is 29.3 Å². The standard InChI is InChI=1S/C18H18Cl2F2N2O3/c1-24(10-17(25)23-14-8-12(19)4-5-13(14)20)9-11-3-6-15(27-18(21)22)16(7-11)26-2/h3-8,18H,9-10H2,1-2H3,(H,23,25). The van der Waals surface area contributed by atoms with E-state index in [9.17, 15) is 13.6 Å². The highest BCUT2D eigenvalue weighted by molar-refractivity contribution is 6.35. The molecule has 2 aromatic rings. The number of anilines is 1. The van der Waals surface area contributed by atoms with Crippen LogP contribution in [0.1, 0.15) is 5.56 Å². The van der Waals surface area contributed by atoms with Gasteiger partial charge in [-0.25, -0.2) is 0 Å². The third-order valence-corrected chi connectivity index (χ3v) is 4.08. The van der Waals surface area contributed by atoms with Crippen molar-refractivity contribution in [2.45, 2.75) is 13.2 Å². The number of ether oxygens (including phenoxy) is 2. The van der Waals surface area contributed by atoms with Crippen LogP contribution < -0.4 is 14.8 Å². The van der Waals surface area contributed by atoms with Gasteiger partial charge in [0.1, 0.15) is 0 Å². The number of carbonyl (C=O) groups is 1. The molecule has 0 radical (unpaired) electrons. The van der Waals surface area contributed by atoms with E-state index in [2.05, 4.69) is 10.1 Å². The molecule has 0 heterocycles. The highest BCUT2D eigenvalue weighted by Gasteiger charge is 2.13. The Balaban J connectivity index is 1.97. The zero-order chi connectivity index (χ0) is 20.0. The number of rotatable bonds is 8. The van der Waals surface area contributed by atoms with Crippen LogP contribution in [0.25, 0.3) is 0 Å². The summed E-state index contributed by atoms with van der Waals surface area (Å²) in [5, 5.41) is 3.54. The maximum atomic E-state index is 12.4. The Hall–Kier alpha value is -2.09. The minimum absolute atomic E-state index is 0.0488. The molecule has 0 fully saturated rings. The topological polar surface area (TPSA) is 50.8 Å². The molecular weight excluding hydrogens is 401 g/mol. The molecule has 0 aliphatic rings. The second-order valence-electron chi connectivity index (χ2n) is 5.71. The maximum absolute atomic E-state index is 12.4. The van der Waals surface area contributed by atoms with Gasteiger partial charge in [-0.05, 0) is 42.9 Å². The molecule has 146 valence electrons. The number of amides is 1. The lowest BCUT2D eigenvalue weighted by molar-refractivity contribution is -0.117. The van der Waals surface area contributed by atoms with E-state index in [0.29, 0.717) is 22.3 Å². The normalized spacial score (nSPS) is 11.0. The summed E-state index contributed by atoms with van der Waals surface area (Å²) in [5.74, 6) is -0.130. The van der Waals surface area contributed by atoms with E-state index >= 15 is 0 Å². The van der Waals surface area contributed by atoms with Gasteiger partial charge in [-0.3, -0.25) is 9.69 Å². The summed E-state index contributed by atoms with van der Waals surface area (Å²) in [4.78, 5) is 13.9. The van der Waals surface area contributed by atoms with Crippen LogP contribution in [0, 0.1) is 0 Å². The minimum Gasteiger partial charge on any atom is -0.493 e. The number of alkyl halides is 2. The molecule has 9 heteroatoms. The first-order chi connectivity index (χ1) is 12.8. The van der Waals surface area contributed by atoms with E-state index < -0.39 is 6.61 Å². The van der Waals surface area contributed by atoms with Gasteiger partial charge in [-0.2, -0.15) is 8.78 Å². The SMILES string of the molecule is COc1cc(CN(C)CC(=O)Nc2cc(Cl)ccc2Cl)ccc1OC(F)F. The minimum atomic E-state index is -2.94. The third kappa shape index (κ3) is 6.53. The van der Waals surface area contributed by atoms with Crippen LogP contribution >= 0.6 is 23.2 Å². The second kappa shape index (κ2) is 9.73. The Labute approximate surface area is 165 Å². The number of nitrogens with one attached hydrogen (secondary N) is 1. The largest absolute Gasteiger partial charge is 0.493 e. The molecule has 0 aliphatic heterocycles. The first kappa shape index (κ1) is 21.2.